The molecule has 0 bridgehead atoms. The number of esters is 2. The quantitative estimate of drug-likeness (QED) is 0.371. The molecule has 0 radical (unpaired) electrons. The summed E-state index contributed by atoms with van der Waals surface area (Å²) in [5, 5.41) is 7.60. The van der Waals surface area contributed by atoms with Crippen LogP contribution in [0.1, 0.15) is 13.8 Å². The minimum absolute atomic E-state index is 0.00264. The Morgan fingerprint density at radius 1 is 1.14 bits per heavy atom. The van der Waals surface area contributed by atoms with Crippen molar-refractivity contribution in [3.8, 4) is 0 Å². The standard InChI is InChI=1S/C14H13FN2O4/c1-14(2)20-12(18)11(13(19)21-14)7-8-16-17-10-5-3-9(15)4-6-10/h3-7H,8H2,1-2H3. The van der Waals surface area contributed by atoms with Crippen LogP contribution in [0.5, 0.6) is 0 Å². The van der Waals surface area contributed by atoms with Gasteiger partial charge in [-0.2, -0.15) is 10.2 Å². The molecule has 2 rings (SSSR count). The molecular formula is C14H13FN2O4. The monoisotopic (exact) mass is 292 g/mol. The minimum Gasteiger partial charge on any atom is -0.419 e. The van der Waals surface area contributed by atoms with E-state index in [0.29, 0.717) is 5.69 Å². The van der Waals surface area contributed by atoms with Crippen LogP contribution in [0.25, 0.3) is 0 Å². The van der Waals surface area contributed by atoms with Gasteiger partial charge in [-0.3, -0.25) is 0 Å². The van der Waals surface area contributed by atoms with Gasteiger partial charge in [-0.25, -0.2) is 14.0 Å². The zero-order valence-corrected chi connectivity index (χ0v) is 11.5. The van der Waals surface area contributed by atoms with E-state index in [1.54, 1.807) is 0 Å². The molecule has 0 unspecified atom stereocenters. The van der Waals surface area contributed by atoms with Crippen molar-refractivity contribution in [3.63, 3.8) is 0 Å². The Bertz CT molecular complexity index is 598. The molecule has 1 saturated heterocycles. The van der Waals surface area contributed by atoms with Gasteiger partial charge in [-0.1, -0.05) is 0 Å². The Kier molecular flexibility index (Phi) is 4.11. The summed E-state index contributed by atoms with van der Waals surface area (Å²) in [7, 11) is 0. The molecule has 0 aromatic heterocycles. The van der Waals surface area contributed by atoms with Crippen molar-refractivity contribution in [3.05, 3.63) is 41.7 Å². The molecule has 1 aliphatic rings. The Morgan fingerprint density at radius 2 is 1.71 bits per heavy atom. The van der Waals surface area contributed by atoms with Gasteiger partial charge in [0.15, 0.2) is 0 Å². The van der Waals surface area contributed by atoms with Crippen LogP contribution in [0.3, 0.4) is 0 Å². The van der Waals surface area contributed by atoms with E-state index in [4.69, 9.17) is 9.47 Å². The molecule has 0 spiro atoms. The van der Waals surface area contributed by atoms with Crippen LogP contribution >= 0.6 is 0 Å². The summed E-state index contributed by atoms with van der Waals surface area (Å²) in [6.07, 6.45) is 1.27. The van der Waals surface area contributed by atoms with Crippen molar-refractivity contribution in [1.29, 1.82) is 0 Å². The lowest BCUT2D eigenvalue weighted by molar-refractivity contribution is -0.222. The summed E-state index contributed by atoms with van der Waals surface area (Å²) in [5.41, 5.74) is 0.247. The molecule has 21 heavy (non-hydrogen) atoms. The molecule has 1 heterocycles. The van der Waals surface area contributed by atoms with E-state index in [9.17, 15) is 14.0 Å². The smallest absolute Gasteiger partial charge is 0.348 e. The topological polar surface area (TPSA) is 77.3 Å². The molecule has 0 aliphatic carbocycles. The lowest BCUT2D eigenvalue weighted by atomic mass is 10.2. The lowest BCUT2D eigenvalue weighted by Gasteiger charge is -2.29. The Morgan fingerprint density at radius 3 is 2.29 bits per heavy atom. The van der Waals surface area contributed by atoms with E-state index in [1.807, 2.05) is 0 Å². The molecule has 1 aliphatic heterocycles. The maximum absolute atomic E-state index is 12.7. The molecule has 110 valence electrons. The Labute approximate surface area is 120 Å². The van der Waals surface area contributed by atoms with Crippen molar-refractivity contribution >= 4 is 17.6 Å². The molecular weight excluding hydrogens is 279 g/mol. The number of ether oxygens (including phenoxy) is 2. The van der Waals surface area contributed by atoms with Crippen molar-refractivity contribution in [2.24, 2.45) is 10.2 Å². The number of azo groups is 1. The van der Waals surface area contributed by atoms with Gasteiger partial charge in [0, 0.05) is 13.8 Å². The first-order valence-electron chi connectivity index (χ1n) is 6.17. The second kappa shape index (κ2) is 5.82. The van der Waals surface area contributed by atoms with Gasteiger partial charge < -0.3 is 9.47 Å². The fourth-order valence-electron chi connectivity index (χ4n) is 1.59. The Hall–Kier alpha value is -2.57. The predicted molar refractivity (Wildman–Crippen MR) is 70.1 cm³/mol. The molecule has 7 heteroatoms. The first-order chi connectivity index (χ1) is 9.87. The predicted octanol–water partition coefficient (Wildman–Crippen LogP) is 2.67. The largest absolute Gasteiger partial charge is 0.419 e. The number of hydrogen-bond acceptors (Lipinski definition) is 6. The normalized spacial score (nSPS) is 17.6. The molecule has 6 nitrogen and oxygen atoms in total. The molecule has 0 saturated carbocycles. The van der Waals surface area contributed by atoms with E-state index >= 15 is 0 Å². The number of benzene rings is 1. The van der Waals surface area contributed by atoms with E-state index in [0.717, 1.165) is 0 Å². The highest BCUT2D eigenvalue weighted by molar-refractivity contribution is 6.15. The van der Waals surface area contributed by atoms with E-state index in [1.165, 1.54) is 44.2 Å². The first-order valence-corrected chi connectivity index (χ1v) is 6.17. The molecule has 1 aromatic carbocycles. The number of nitrogens with zero attached hydrogens (tertiary/aromatic N) is 2. The van der Waals surface area contributed by atoms with Crippen LogP contribution in [0.2, 0.25) is 0 Å². The van der Waals surface area contributed by atoms with Gasteiger partial charge in [0.1, 0.15) is 11.4 Å². The lowest BCUT2D eigenvalue weighted by Crippen LogP contribution is -2.41. The summed E-state index contributed by atoms with van der Waals surface area (Å²) >= 11 is 0. The van der Waals surface area contributed by atoms with Gasteiger partial charge in [0.2, 0.25) is 0 Å². The van der Waals surface area contributed by atoms with Crippen LogP contribution in [-0.2, 0) is 19.1 Å². The number of carbonyl (C=O) groups excluding carboxylic acids is 2. The SMILES string of the molecule is CC1(C)OC(=O)C(=CCN=Nc2ccc(F)cc2)C(=O)O1. The van der Waals surface area contributed by atoms with Crippen LogP contribution in [0, 0.1) is 5.82 Å². The fraction of sp³-hybridized carbons (Fsp3) is 0.286. The summed E-state index contributed by atoms with van der Waals surface area (Å²) in [5.74, 6) is -3.14. The highest BCUT2D eigenvalue weighted by Crippen LogP contribution is 2.22. The van der Waals surface area contributed by atoms with Crippen LogP contribution < -0.4 is 0 Å². The third-order valence-corrected chi connectivity index (χ3v) is 2.51. The first kappa shape index (κ1) is 14.8. The summed E-state index contributed by atoms with van der Waals surface area (Å²) < 4.78 is 22.5. The van der Waals surface area contributed by atoms with E-state index in [2.05, 4.69) is 10.2 Å². The van der Waals surface area contributed by atoms with Gasteiger partial charge in [0.05, 0.1) is 12.2 Å². The molecule has 0 N–H and O–H groups in total. The highest BCUT2D eigenvalue weighted by Gasteiger charge is 2.38. The highest BCUT2D eigenvalue weighted by atomic mass is 19.1. The molecule has 1 fully saturated rings. The third-order valence-electron chi connectivity index (χ3n) is 2.51. The molecule has 0 atom stereocenters. The number of carbonyl (C=O) groups is 2. The molecule has 1 aromatic rings. The zero-order chi connectivity index (χ0) is 15.5. The average molecular weight is 292 g/mol. The zero-order valence-electron chi connectivity index (χ0n) is 11.5. The minimum atomic E-state index is -1.26. The number of hydrogen-bond donors (Lipinski definition) is 0. The maximum atomic E-state index is 12.7. The summed E-state index contributed by atoms with van der Waals surface area (Å²) in [6.45, 7) is 2.93. The number of rotatable bonds is 3. The van der Waals surface area contributed by atoms with Gasteiger partial charge >= 0.3 is 11.9 Å². The average Bonchev–Trinajstić information content (AvgIpc) is 2.38. The van der Waals surface area contributed by atoms with Crippen molar-refractivity contribution in [1.82, 2.24) is 0 Å². The maximum Gasteiger partial charge on any atom is 0.348 e. The van der Waals surface area contributed by atoms with E-state index < -0.39 is 17.7 Å². The van der Waals surface area contributed by atoms with Crippen LogP contribution in [0.4, 0.5) is 10.1 Å². The van der Waals surface area contributed by atoms with Crippen molar-refractivity contribution in [2.45, 2.75) is 19.6 Å². The summed E-state index contributed by atoms with van der Waals surface area (Å²) in [4.78, 5) is 23.2. The van der Waals surface area contributed by atoms with E-state index in [-0.39, 0.29) is 17.9 Å². The van der Waals surface area contributed by atoms with Gasteiger partial charge in [-0.15, -0.1) is 0 Å². The van der Waals surface area contributed by atoms with Gasteiger partial charge in [-0.05, 0) is 30.3 Å². The van der Waals surface area contributed by atoms with Crippen LogP contribution in [-0.4, -0.2) is 24.3 Å². The second-order valence-corrected chi connectivity index (χ2v) is 4.70. The van der Waals surface area contributed by atoms with Crippen molar-refractivity contribution in [2.75, 3.05) is 6.54 Å². The fourth-order valence-corrected chi connectivity index (χ4v) is 1.59. The number of cyclic esters (lactones) is 2. The molecule has 0 amide bonds. The van der Waals surface area contributed by atoms with Gasteiger partial charge in [0.25, 0.3) is 5.79 Å². The van der Waals surface area contributed by atoms with Crippen LogP contribution in [0.15, 0.2) is 46.1 Å². The third kappa shape index (κ3) is 3.95. The summed E-state index contributed by atoms with van der Waals surface area (Å²) in [6, 6.07) is 5.42. The second-order valence-electron chi connectivity index (χ2n) is 4.70. The number of halogens is 1. The van der Waals surface area contributed by atoms with Crippen molar-refractivity contribution < 1.29 is 23.5 Å². The Balaban J connectivity index is 1.99.